The topological polar surface area (TPSA) is 93.8 Å². The minimum absolute atomic E-state index is 0.0524. The van der Waals surface area contributed by atoms with Gasteiger partial charge in [0.25, 0.3) is 11.1 Å². The number of thioether (sulfide) groups is 1. The Morgan fingerprint density at radius 1 is 1.03 bits per heavy atom. The summed E-state index contributed by atoms with van der Waals surface area (Å²) >= 11 is 1.24. The van der Waals surface area contributed by atoms with E-state index < -0.39 is 6.10 Å². The molecule has 0 spiro atoms. The summed E-state index contributed by atoms with van der Waals surface area (Å²) in [5, 5.41) is 8.45. The summed E-state index contributed by atoms with van der Waals surface area (Å²) in [6.45, 7) is 3.15. The number of ether oxygens (including phenoxy) is 2. The fourth-order valence-corrected chi connectivity index (χ4v) is 4.16. The monoisotopic (exact) mass is 439 g/mol. The van der Waals surface area contributed by atoms with E-state index in [1.165, 1.54) is 11.8 Å². The zero-order valence-corrected chi connectivity index (χ0v) is 17.5. The Bertz CT molecular complexity index is 1040. The van der Waals surface area contributed by atoms with Crippen LogP contribution in [-0.2, 0) is 4.79 Å². The number of para-hydroxylation sites is 2. The van der Waals surface area contributed by atoms with Gasteiger partial charge in [-0.25, -0.2) is 4.98 Å². The van der Waals surface area contributed by atoms with Crippen LogP contribution in [0.3, 0.4) is 0 Å². The summed E-state index contributed by atoms with van der Waals surface area (Å²) in [6, 6.07) is 13.3. The predicted molar refractivity (Wildman–Crippen MR) is 113 cm³/mol. The van der Waals surface area contributed by atoms with E-state index in [0.717, 1.165) is 18.9 Å². The Balaban J connectivity index is 1.11. The first-order chi connectivity index (χ1) is 15.3. The largest absolute Gasteiger partial charge is 0.485 e. The van der Waals surface area contributed by atoms with Crippen LogP contribution in [0.2, 0.25) is 0 Å². The van der Waals surface area contributed by atoms with Crippen molar-refractivity contribution in [1.82, 2.24) is 20.1 Å². The van der Waals surface area contributed by atoms with Gasteiger partial charge >= 0.3 is 0 Å². The van der Waals surface area contributed by atoms with Crippen LogP contribution in [0.25, 0.3) is 0 Å². The number of fused-ring (bicyclic) bond motifs is 1. The zero-order valence-electron chi connectivity index (χ0n) is 16.7. The van der Waals surface area contributed by atoms with E-state index in [2.05, 4.69) is 20.1 Å². The van der Waals surface area contributed by atoms with Crippen molar-refractivity contribution in [1.29, 1.82) is 0 Å². The van der Waals surface area contributed by atoms with Gasteiger partial charge in [-0.15, -0.1) is 10.2 Å². The van der Waals surface area contributed by atoms with Crippen molar-refractivity contribution < 1.29 is 18.7 Å². The third kappa shape index (κ3) is 4.43. The number of hydrogen-bond donors (Lipinski definition) is 0. The van der Waals surface area contributed by atoms with Crippen LogP contribution >= 0.6 is 11.8 Å². The Morgan fingerprint density at radius 3 is 2.65 bits per heavy atom. The van der Waals surface area contributed by atoms with Gasteiger partial charge in [0.1, 0.15) is 12.4 Å². The van der Waals surface area contributed by atoms with Crippen molar-refractivity contribution in [2.45, 2.75) is 11.3 Å². The Kier molecular flexibility index (Phi) is 5.61. The van der Waals surface area contributed by atoms with Crippen LogP contribution in [-0.4, -0.2) is 64.5 Å². The van der Waals surface area contributed by atoms with Crippen LogP contribution in [0.1, 0.15) is 12.0 Å². The number of aromatic nitrogens is 3. The number of carbonyl (C=O) groups is 1. The molecule has 31 heavy (non-hydrogen) atoms. The van der Waals surface area contributed by atoms with Gasteiger partial charge in [-0.2, -0.15) is 0 Å². The molecule has 1 saturated heterocycles. The van der Waals surface area contributed by atoms with Gasteiger partial charge in [0.15, 0.2) is 11.5 Å². The second kappa shape index (κ2) is 8.84. The van der Waals surface area contributed by atoms with Crippen LogP contribution < -0.4 is 14.4 Å². The van der Waals surface area contributed by atoms with E-state index in [9.17, 15) is 4.79 Å². The normalized spacial score (nSPS) is 18.1. The first-order valence-corrected chi connectivity index (χ1v) is 11.0. The third-order valence-electron chi connectivity index (χ3n) is 5.13. The van der Waals surface area contributed by atoms with Gasteiger partial charge in [0, 0.05) is 32.4 Å². The molecule has 160 valence electrons. The maximum absolute atomic E-state index is 12.6. The Labute approximate surface area is 183 Å². The molecule has 0 bridgehead atoms. The molecule has 1 amide bonds. The molecular formula is C21H21N5O4S. The summed E-state index contributed by atoms with van der Waals surface area (Å²) in [6.07, 6.45) is 1.32. The Morgan fingerprint density at radius 2 is 1.84 bits per heavy atom. The fourth-order valence-electron chi connectivity index (χ4n) is 3.49. The maximum Gasteiger partial charge on any atom is 0.277 e. The molecule has 1 fully saturated rings. The molecule has 3 aromatic rings. The second-order valence-electron chi connectivity index (χ2n) is 7.11. The molecule has 1 atom stereocenters. The van der Waals surface area contributed by atoms with Crippen LogP contribution in [0.15, 0.2) is 58.3 Å². The first-order valence-electron chi connectivity index (χ1n) is 10.0. The van der Waals surface area contributed by atoms with Crippen molar-refractivity contribution in [3.8, 4) is 11.5 Å². The number of piperazine rings is 1. The lowest BCUT2D eigenvalue weighted by Gasteiger charge is -2.35. The number of nitrogens with zero attached hydrogens (tertiary/aromatic N) is 5. The molecule has 0 N–H and O–H groups in total. The number of benzene rings is 1. The lowest BCUT2D eigenvalue weighted by Crippen LogP contribution is -2.49. The molecule has 2 aliphatic heterocycles. The molecule has 0 unspecified atom stereocenters. The molecule has 2 aromatic heterocycles. The predicted octanol–water partition coefficient (Wildman–Crippen LogP) is 2.42. The van der Waals surface area contributed by atoms with E-state index in [4.69, 9.17) is 13.9 Å². The fraction of sp³-hybridized carbons (Fsp3) is 0.333. The maximum atomic E-state index is 12.6. The van der Waals surface area contributed by atoms with E-state index in [0.29, 0.717) is 42.3 Å². The molecule has 2 aliphatic rings. The zero-order chi connectivity index (χ0) is 21.0. The van der Waals surface area contributed by atoms with E-state index in [1.807, 2.05) is 47.4 Å². The lowest BCUT2D eigenvalue weighted by molar-refractivity contribution is -0.128. The van der Waals surface area contributed by atoms with Gasteiger partial charge < -0.3 is 23.7 Å². The molecule has 10 heteroatoms. The first kappa shape index (κ1) is 19.7. The highest BCUT2D eigenvalue weighted by molar-refractivity contribution is 7.99. The van der Waals surface area contributed by atoms with Gasteiger partial charge in [0.2, 0.25) is 12.0 Å². The second-order valence-corrected chi connectivity index (χ2v) is 8.04. The van der Waals surface area contributed by atoms with Crippen molar-refractivity contribution in [2.75, 3.05) is 43.4 Å². The van der Waals surface area contributed by atoms with Crippen molar-refractivity contribution in [3.05, 3.63) is 54.6 Å². The summed E-state index contributed by atoms with van der Waals surface area (Å²) < 4.78 is 17.3. The molecule has 1 aromatic carbocycles. The van der Waals surface area contributed by atoms with Gasteiger partial charge in [-0.3, -0.25) is 4.79 Å². The van der Waals surface area contributed by atoms with Gasteiger partial charge in [-0.05, 0) is 24.3 Å². The molecule has 0 saturated carbocycles. The number of carbonyl (C=O) groups excluding carboxylic acids is 1. The quantitative estimate of drug-likeness (QED) is 0.556. The van der Waals surface area contributed by atoms with Crippen LogP contribution in [0, 0.1) is 0 Å². The lowest BCUT2D eigenvalue weighted by atomic mass is 10.2. The number of pyridine rings is 1. The Hall–Kier alpha value is -3.27. The highest BCUT2D eigenvalue weighted by Gasteiger charge is 2.28. The van der Waals surface area contributed by atoms with Crippen LogP contribution in [0.4, 0.5) is 5.82 Å². The van der Waals surface area contributed by atoms with E-state index in [-0.39, 0.29) is 11.7 Å². The smallest absolute Gasteiger partial charge is 0.277 e. The van der Waals surface area contributed by atoms with Gasteiger partial charge in [0.05, 0.1) is 5.75 Å². The molecule has 0 aliphatic carbocycles. The van der Waals surface area contributed by atoms with E-state index in [1.54, 1.807) is 6.20 Å². The minimum Gasteiger partial charge on any atom is -0.485 e. The number of hydrogen-bond acceptors (Lipinski definition) is 9. The average molecular weight is 439 g/mol. The van der Waals surface area contributed by atoms with Crippen LogP contribution in [0.5, 0.6) is 11.5 Å². The molecule has 5 rings (SSSR count). The molecular weight excluding hydrogens is 418 g/mol. The standard InChI is InChI=1S/C21H21N5O4S/c27-19(26-11-9-25(10-12-26)18-7-3-4-8-22-18)14-31-21-24-23-20(30-21)17-13-28-15-5-1-2-6-16(15)29-17/h1-8,17H,9-14H2/t17-/m1/s1. The third-order valence-corrected chi connectivity index (χ3v) is 5.93. The van der Waals surface area contributed by atoms with Crippen molar-refractivity contribution >= 4 is 23.5 Å². The van der Waals surface area contributed by atoms with Crippen molar-refractivity contribution in [2.24, 2.45) is 0 Å². The van der Waals surface area contributed by atoms with Crippen molar-refractivity contribution in [3.63, 3.8) is 0 Å². The average Bonchev–Trinajstić information content (AvgIpc) is 3.32. The number of anilines is 1. The molecule has 4 heterocycles. The minimum atomic E-state index is -0.466. The number of amides is 1. The summed E-state index contributed by atoms with van der Waals surface area (Å²) in [5.74, 6) is 2.92. The number of rotatable bonds is 5. The SMILES string of the molecule is O=C(CSc1nnc([C@H]2COc3ccccc3O2)o1)N1CCN(c2ccccn2)CC1. The molecule has 0 radical (unpaired) electrons. The van der Waals surface area contributed by atoms with Gasteiger partial charge in [-0.1, -0.05) is 30.0 Å². The highest BCUT2D eigenvalue weighted by atomic mass is 32.2. The summed E-state index contributed by atoms with van der Waals surface area (Å²) in [5.41, 5.74) is 0. The molecule has 9 nitrogen and oxygen atoms in total. The summed E-state index contributed by atoms with van der Waals surface area (Å²) in [4.78, 5) is 21.0. The summed E-state index contributed by atoms with van der Waals surface area (Å²) in [7, 11) is 0. The van der Waals surface area contributed by atoms with E-state index >= 15 is 0 Å². The highest BCUT2D eigenvalue weighted by Crippen LogP contribution is 2.35.